The largest absolute Gasteiger partial charge is 0.387 e. The van der Waals surface area contributed by atoms with Crippen LogP contribution in [-0.2, 0) is 38.8 Å². The van der Waals surface area contributed by atoms with Gasteiger partial charge in [0.2, 0.25) is 0 Å². The predicted molar refractivity (Wildman–Crippen MR) is 136 cm³/mol. The van der Waals surface area contributed by atoms with E-state index in [9.17, 15) is 5.11 Å². The first-order chi connectivity index (χ1) is 17.2. The highest BCUT2D eigenvalue weighted by atomic mass is 16.6. The summed E-state index contributed by atoms with van der Waals surface area (Å²) in [7, 11) is 0. The Morgan fingerprint density at radius 1 is 0.714 bits per heavy atom. The summed E-state index contributed by atoms with van der Waals surface area (Å²) in [6.07, 6.45) is 0.920. The predicted octanol–water partition coefficient (Wildman–Crippen LogP) is 5.08. The van der Waals surface area contributed by atoms with Crippen LogP contribution in [0, 0.1) is 0 Å². The Hall–Kier alpha value is -2.80. The van der Waals surface area contributed by atoms with Crippen molar-refractivity contribution in [3.8, 4) is 0 Å². The summed E-state index contributed by atoms with van der Waals surface area (Å²) in [6, 6.07) is 29.9. The zero-order chi connectivity index (χ0) is 24.3. The molecule has 5 nitrogen and oxygen atoms in total. The molecular formula is C30H34O5. The average molecular weight is 475 g/mol. The second kappa shape index (κ2) is 13.3. The summed E-state index contributed by atoms with van der Waals surface area (Å²) < 4.78 is 24.9. The van der Waals surface area contributed by atoms with Crippen LogP contribution in [0.3, 0.4) is 0 Å². The van der Waals surface area contributed by atoms with E-state index in [2.05, 4.69) is 0 Å². The van der Waals surface area contributed by atoms with Gasteiger partial charge in [-0.25, -0.2) is 0 Å². The molecule has 0 aliphatic carbocycles. The lowest BCUT2D eigenvalue weighted by atomic mass is 9.94. The van der Waals surface area contributed by atoms with Crippen LogP contribution in [0.15, 0.2) is 103 Å². The Morgan fingerprint density at radius 3 is 1.71 bits per heavy atom. The van der Waals surface area contributed by atoms with E-state index in [1.165, 1.54) is 0 Å². The van der Waals surface area contributed by atoms with Crippen molar-refractivity contribution in [1.29, 1.82) is 0 Å². The second-order valence-electron chi connectivity index (χ2n) is 8.68. The molecule has 3 unspecified atom stereocenters. The first-order valence-electron chi connectivity index (χ1n) is 12.1. The summed E-state index contributed by atoms with van der Waals surface area (Å²) in [5.41, 5.74) is 3.15. The Morgan fingerprint density at radius 2 is 1.20 bits per heavy atom. The molecule has 1 aliphatic rings. The Kier molecular flexibility index (Phi) is 9.64. The number of hydrogen-bond acceptors (Lipinski definition) is 5. The lowest BCUT2D eigenvalue weighted by molar-refractivity contribution is -0.250. The minimum absolute atomic E-state index is 0.296. The van der Waals surface area contributed by atoms with E-state index < -0.39 is 30.5 Å². The van der Waals surface area contributed by atoms with Crippen molar-refractivity contribution < 1.29 is 24.1 Å². The van der Waals surface area contributed by atoms with Crippen LogP contribution in [0.1, 0.15) is 23.6 Å². The molecule has 4 rings (SSSR count). The van der Waals surface area contributed by atoms with Gasteiger partial charge in [-0.15, -0.1) is 0 Å². The summed E-state index contributed by atoms with van der Waals surface area (Å²) >= 11 is 0. The average Bonchev–Trinajstić information content (AvgIpc) is 2.90. The molecule has 1 fully saturated rings. The molecule has 3 aromatic carbocycles. The molecule has 1 N–H and O–H groups in total. The van der Waals surface area contributed by atoms with Crippen molar-refractivity contribution in [2.24, 2.45) is 0 Å². The molecule has 0 spiro atoms. The van der Waals surface area contributed by atoms with E-state index in [-0.39, 0.29) is 0 Å². The molecule has 0 aromatic heterocycles. The fourth-order valence-corrected chi connectivity index (χ4v) is 4.24. The number of ether oxygens (including phenoxy) is 4. The van der Waals surface area contributed by atoms with Gasteiger partial charge in [-0.3, -0.25) is 0 Å². The quantitative estimate of drug-likeness (QED) is 0.393. The molecule has 5 heteroatoms. The Balaban J connectivity index is 1.47. The number of aliphatic hydroxyl groups excluding tert-OH is 1. The normalized spacial score (nSPS) is 24.6. The third-order valence-electron chi connectivity index (χ3n) is 6.04. The fraction of sp³-hybridized carbons (Fsp3) is 0.333. The van der Waals surface area contributed by atoms with Gasteiger partial charge in [-0.05, 0) is 23.6 Å². The highest BCUT2D eigenvalue weighted by molar-refractivity contribution is 5.15. The van der Waals surface area contributed by atoms with E-state index >= 15 is 0 Å². The van der Waals surface area contributed by atoms with Crippen LogP contribution in [0.25, 0.3) is 0 Å². The van der Waals surface area contributed by atoms with Gasteiger partial charge in [-0.2, -0.15) is 0 Å². The minimum Gasteiger partial charge on any atom is -0.387 e. The summed E-state index contributed by atoms with van der Waals surface area (Å²) in [5, 5.41) is 11.4. The fourth-order valence-electron chi connectivity index (χ4n) is 4.24. The lowest BCUT2D eigenvalue weighted by Crippen LogP contribution is -2.59. The molecule has 184 valence electrons. The van der Waals surface area contributed by atoms with Crippen molar-refractivity contribution in [2.45, 2.75) is 57.3 Å². The molecular weight excluding hydrogens is 440 g/mol. The molecule has 5 atom stereocenters. The van der Waals surface area contributed by atoms with Crippen LogP contribution < -0.4 is 0 Å². The van der Waals surface area contributed by atoms with Gasteiger partial charge >= 0.3 is 0 Å². The zero-order valence-electron chi connectivity index (χ0n) is 20.1. The number of hydrogen-bond donors (Lipinski definition) is 1. The van der Waals surface area contributed by atoms with E-state index in [0.717, 1.165) is 16.7 Å². The van der Waals surface area contributed by atoms with E-state index in [0.29, 0.717) is 26.4 Å². The van der Waals surface area contributed by atoms with Gasteiger partial charge in [0.05, 0.1) is 26.4 Å². The van der Waals surface area contributed by atoms with Gasteiger partial charge < -0.3 is 24.1 Å². The molecule has 1 heterocycles. The number of allylic oxidation sites excluding steroid dienone is 1. The van der Waals surface area contributed by atoms with Crippen LogP contribution in [0.5, 0.6) is 0 Å². The van der Waals surface area contributed by atoms with Crippen LogP contribution in [0.4, 0.5) is 0 Å². The minimum atomic E-state index is -0.886. The lowest BCUT2D eigenvalue weighted by Gasteiger charge is -2.43. The zero-order valence-corrected chi connectivity index (χ0v) is 20.1. The van der Waals surface area contributed by atoms with E-state index in [1.807, 2.05) is 110 Å². The van der Waals surface area contributed by atoms with Crippen molar-refractivity contribution >= 4 is 0 Å². The molecule has 0 bridgehead atoms. The second-order valence-corrected chi connectivity index (χ2v) is 8.68. The standard InChI is InChI=1S/C30H34O5/c1-2-12-26-29(33-20-24-15-8-4-9-16-24)28(31)30(34-21-25-17-10-5-11-18-25)27(35-26)22-32-19-23-13-6-3-7-14-23/h2-18,26-31H,19-22H2,1H3/b12-2+/t26-,27?,28?,29?,30-/m1/s1. The summed E-state index contributed by atoms with van der Waals surface area (Å²) in [5.74, 6) is 0. The smallest absolute Gasteiger partial charge is 0.116 e. The molecule has 1 saturated heterocycles. The van der Waals surface area contributed by atoms with Crippen molar-refractivity contribution in [1.82, 2.24) is 0 Å². The SMILES string of the molecule is C/C=C/[C@H]1OC(COCc2ccccc2)[C@@H](OCc2ccccc2)C(O)C1OCc1ccccc1. The first-order valence-corrected chi connectivity index (χ1v) is 12.1. The van der Waals surface area contributed by atoms with Crippen molar-refractivity contribution in [3.05, 3.63) is 120 Å². The maximum absolute atomic E-state index is 11.4. The maximum Gasteiger partial charge on any atom is 0.116 e. The van der Waals surface area contributed by atoms with E-state index in [1.54, 1.807) is 0 Å². The number of benzene rings is 3. The van der Waals surface area contributed by atoms with Gasteiger partial charge in [0.15, 0.2) is 0 Å². The molecule has 35 heavy (non-hydrogen) atoms. The highest BCUT2D eigenvalue weighted by Gasteiger charge is 2.45. The van der Waals surface area contributed by atoms with Gasteiger partial charge in [-0.1, -0.05) is 103 Å². The third kappa shape index (κ3) is 7.34. The van der Waals surface area contributed by atoms with Crippen LogP contribution in [-0.4, -0.2) is 42.2 Å². The molecule has 0 saturated carbocycles. The summed E-state index contributed by atoms with van der Waals surface area (Å²) in [6.45, 7) is 3.43. The molecule has 1 aliphatic heterocycles. The van der Waals surface area contributed by atoms with E-state index in [4.69, 9.17) is 18.9 Å². The number of rotatable bonds is 11. The third-order valence-corrected chi connectivity index (χ3v) is 6.04. The highest BCUT2D eigenvalue weighted by Crippen LogP contribution is 2.29. The first kappa shape index (κ1) is 25.3. The Labute approximate surface area is 207 Å². The topological polar surface area (TPSA) is 57.2 Å². The maximum atomic E-state index is 11.4. The van der Waals surface area contributed by atoms with Crippen molar-refractivity contribution in [3.63, 3.8) is 0 Å². The number of aliphatic hydroxyl groups is 1. The van der Waals surface area contributed by atoms with Gasteiger partial charge in [0.1, 0.15) is 30.5 Å². The van der Waals surface area contributed by atoms with Crippen LogP contribution >= 0.6 is 0 Å². The van der Waals surface area contributed by atoms with Crippen LogP contribution in [0.2, 0.25) is 0 Å². The molecule has 0 amide bonds. The monoisotopic (exact) mass is 474 g/mol. The molecule has 3 aromatic rings. The van der Waals surface area contributed by atoms with Crippen molar-refractivity contribution in [2.75, 3.05) is 6.61 Å². The van der Waals surface area contributed by atoms with Gasteiger partial charge in [0.25, 0.3) is 0 Å². The Bertz CT molecular complexity index is 1010. The molecule has 0 radical (unpaired) electrons. The van der Waals surface area contributed by atoms with Gasteiger partial charge in [0, 0.05) is 0 Å². The summed E-state index contributed by atoms with van der Waals surface area (Å²) in [4.78, 5) is 0.